The highest BCUT2D eigenvalue weighted by molar-refractivity contribution is 5.78. The predicted octanol–water partition coefficient (Wildman–Crippen LogP) is 0.622. The Hall–Kier alpha value is -0.610. The maximum Gasteiger partial charge on any atom is 0.236 e. The van der Waals surface area contributed by atoms with Crippen LogP contribution in [0, 0.1) is 0 Å². The van der Waals surface area contributed by atoms with E-state index in [1.165, 1.54) is 0 Å². The van der Waals surface area contributed by atoms with Crippen LogP contribution in [0.5, 0.6) is 0 Å². The molecule has 1 aliphatic heterocycles. The van der Waals surface area contributed by atoms with Crippen LogP contribution >= 0.6 is 0 Å². The number of hydrogen-bond acceptors (Lipinski definition) is 3. The topological polar surface area (TPSA) is 41.6 Å². The number of carbonyl (C=O) groups is 1. The molecule has 1 rings (SSSR count). The molecule has 4 nitrogen and oxygen atoms in total. The van der Waals surface area contributed by atoms with Crippen LogP contribution in [0.3, 0.4) is 0 Å². The highest BCUT2D eigenvalue weighted by atomic mass is 16.5. The zero-order valence-corrected chi connectivity index (χ0v) is 9.95. The first-order valence-electron chi connectivity index (χ1n) is 5.77. The van der Waals surface area contributed by atoms with E-state index < -0.39 is 0 Å². The zero-order chi connectivity index (χ0) is 11.3. The maximum absolute atomic E-state index is 11.8. The Kier molecular flexibility index (Phi) is 5.05. The summed E-state index contributed by atoms with van der Waals surface area (Å²) in [4.78, 5) is 13.7. The van der Waals surface area contributed by atoms with E-state index in [-0.39, 0.29) is 18.1 Å². The number of nitrogens with zero attached hydrogens (tertiary/aromatic N) is 1. The van der Waals surface area contributed by atoms with Gasteiger partial charge in [0.15, 0.2) is 0 Å². The van der Waals surface area contributed by atoms with E-state index in [9.17, 15) is 4.79 Å². The van der Waals surface area contributed by atoms with E-state index in [2.05, 4.69) is 12.2 Å². The SMILES string of the molecule is CCCNCC(=O)N1C[C@@H](C)O[C@@H](C)C1. The van der Waals surface area contributed by atoms with Crippen molar-refractivity contribution in [1.82, 2.24) is 10.2 Å². The van der Waals surface area contributed by atoms with Crippen LogP contribution in [0.15, 0.2) is 0 Å². The average molecular weight is 214 g/mol. The van der Waals surface area contributed by atoms with Gasteiger partial charge < -0.3 is 15.0 Å². The summed E-state index contributed by atoms with van der Waals surface area (Å²) in [5, 5.41) is 3.13. The molecule has 88 valence electrons. The van der Waals surface area contributed by atoms with Crippen LogP contribution < -0.4 is 5.32 Å². The summed E-state index contributed by atoms with van der Waals surface area (Å²) in [6, 6.07) is 0. The number of nitrogens with one attached hydrogen (secondary N) is 1. The fourth-order valence-corrected chi connectivity index (χ4v) is 1.87. The van der Waals surface area contributed by atoms with Gasteiger partial charge in [0.25, 0.3) is 0 Å². The quantitative estimate of drug-likeness (QED) is 0.698. The third kappa shape index (κ3) is 4.18. The zero-order valence-electron chi connectivity index (χ0n) is 9.95. The molecule has 1 heterocycles. The second kappa shape index (κ2) is 6.08. The largest absolute Gasteiger partial charge is 0.372 e. The molecule has 0 aromatic carbocycles. The molecule has 0 radical (unpaired) electrons. The van der Waals surface area contributed by atoms with Gasteiger partial charge in [-0.1, -0.05) is 6.92 Å². The van der Waals surface area contributed by atoms with Crippen LogP contribution in [0.4, 0.5) is 0 Å². The van der Waals surface area contributed by atoms with Crippen LogP contribution in [-0.2, 0) is 9.53 Å². The molecule has 1 N–H and O–H groups in total. The Morgan fingerprint density at radius 1 is 1.40 bits per heavy atom. The summed E-state index contributed by atoms with van der Waals surface area (Å²) in [7, 11) is 0. The van der Waals surface area contributed by atoms with Crippen molar-refractivity contribution in [2.24, 2.45) is 0 Å². The molecular weight excluding hydrogens is 192 g/mol. The van der Waals surface area contributed by atoms with Gasteiger partial charge in [0, 0.05) is 13.1 Å². The van der Waals surface area contributed by atoms with E-state index in [1.54, 1.807) is 0 Å². The molecule has 0 aliphatic carbocycles. The molecule has 1 saturated heterocycles. The molecule has 0 aromatic heterocycles. The highest BCUT2D eigenvalue weighted by Crippen LogP contribution is 2.10. The molecule has 0 bridgehead atoms. The van der Waals surface area contributed by atoms with Gasteiger partial charge in [-0.3, -0.25) is 4.79 Å². The van der Waals surface area contributed by atoms with Crippen molar-refractivity contribution in [3.05, 3.63) is 0 Å². The Bertz CT molecular complexity index is 199. The van der Waals surface area contributed by atoms with E-state index in [4.69, 9.17) is 4.74 Å². The van der Waals surface area contributed by atoms with E-state index >= 15 is 0 Å². The van der Waals surface area contributed by atoms with Gasteiger partial charge in [0.2, 0.25) is 5.91 Å². The van der Waals surface area contributed by atoms with Gasteiger partial charge in [-0.2, -0.15) is 0 Å². The standard InChI is InChI=1S/C11H22N2O2/c1-4-5-12-6-11(14)13-7-9(2)15-10(3)8-13/h9-10,12H,4-8H2,1-3H3/t9-,10+. The first-order valence-corrected chi connectivity index (χ1v) is 5.77. The van der Waals surface area contributed by atoms with E-state index in [0.29, 0.717) is 6.54 Å². The number of hydrogen-bond donors (Lipinski definition) is 1. The van der Waals surface area contributed by atoms with Crippen molar-refractivity contribution in [2.75, 3.05) is 26.2 Å². The second-order valence-electron chi connectivity index (χ2n) is 4.23. The summed E-state index contributed by atoms with van der Waals surface area (Å²) < 4.78 is 5.58. The summed E-state index contributed by atoms with van der Waals surface area (Å²) in [6.45, 7) is 8.91. The molecule has 4 heteroatoms. The lowest BCUT2D eigenvalue weighted by Gasteiger charge is -2.35. The Labute approximate surface area is 92.0 Å². The molecule has 0 unspecified atom stereocenters. The summed E-state index contributed by atoms with van der Waals surface area (Å²) in [5.41, 5.74) is 0. The third-order valence-electron chi connectivity index (χ3n) is 2.48. The van der Waals surface area contributed by atoms with Gasteiger partial charge in [-0.05, 0) is 26.8 Å². The van der Waals surface area contributed by atoms with Crippen molar-refractivity contribution < 1.29 is 9.53 Å². The molecule has 15 heavy (non-hydrogen) atoms. The average Bonchev–Trinajstić information content (AvgIpc) is 2.16. The lowest BCUT2D eigenvalue weighted by atomic mass is 10.2. The van der Waals surface area contributed by atoms with Gasteiger partial charge in [-0.25, -0.2) is 0 Å². The Morgan fingerprint density at radius 2 is 2.00 bits per heavy atom. The fraction of sp³-hybridized carbons (Fsp3) is 0.909. The minimum absolute atomic E-state index is 0.156. The molecule has 1 aliphatic rings. The third-order valence-corrected chi connectivity index (χ3v) is 2.48. The number of ether oxygens (including phenoxy) is 1. The molecular formula is C11H22N2O2. The van der Waals surface area contributed by atoms with Crippen molar-refractivity contribution in [1.29, 1.82) is 0 Å². The molecule has 2 atom stereocenters. The van der Waals surface area contributed by atoms with Crippen molar-refractivity contribution in [3.8, 4) is 0 Å². The van der Waals surface area contributed by atoms with E-state index in [0.717, 1.165) is 26.1 Å². The minimum atomic E-state index is 0.156. The Balaban J connectivity index is 2.31. The number of amides is 1. The first kappa shape index (κ1) is 12.5. The smallest absolute Gasteiger partial charge is 0.236 e. The number of carbonyl (C=O) groups excluding carboxylic acids is 1. The Morgan fingerprint density at radius 3 is 2.53 bits per heavy atom. The van der Waals surface area contributed by atoms with Crippen LogP contribution in [0.2, 0.25) is 0 Å². The van der Waals surface area contributed by atoms with Gasteiger partial charge >= 0.3 is 0 Å². The van der Waals surface area contributed by atoms with E-state index in [1.807, 2.05) is 18.7 Å². The molecule has 0 spiro atoms. The van der Waals surface area contributed by atoms with Crippen LogP contribution in [0.1, 0.15) is 27.2 Å². The molecule has 1 fully saturated rings. The summed E-state index contributed by atoms with van der Waals surface area (Å²) in [5.74, 6) is 0.186. The lowest BCUT2D eigenvalue weighted by Crippen LogP contribution is -2.50. The summed E-state index contributed by atoms with van der Waals surface area (Å²) in [6.07, 6.45) is 1.37. The maximum atomic E-state index is 11.8. The second-order valence-corrected chi connectivity index (χ2v) is 4.23. The van der Waals surface area contributed by atoms with Gasteiger partial charge in [-0.15, -0.1) is 0 Å². The predicted molar refractivity (Wildman–Crippen MR) is 59.7 cm³/mol. The van der Waals surface area contributed by atoms with Gasteiger partial charge in [0.05, 0.1) is 18.8 Å². The lowest BCUT2D eigenvalue weighted by molar-refractivity contribution is -0.142. The molecule has 1 amide bonds. The number of morpholine rings is 1. The first-order chi connectivity index (χ1) is 7.13. The van der Waals surface area contributed by atoms with Crippen molar-refractivity contribution in [2.45, 2.75) is 39.4 Å². The van der Waals surface area contributed by atoms with Crippen molar-refractivity contribution >= 4 is 5.91 Å². The van der Waals surface area contributed by atoms with Crippen LogP contribution in [-0.4, -0.2) is 49.2 Å². The highest BCUT2D eigenvalue weighted by Gasteiger charge is 2.25. The minimum Gasteiger partial charge on any atom is -0.372 e. The molecule has 0 aromatic rings. The monoisotopic (exact) mass is 214 g/mol. The normalized spacial score (nSPS) is 26.7. The van der Waals surface area contributed by atoms with Crippen LogP contribution in [0.25, 0.3) is 0 Å². The van der Waals surface area contributed by atoms with Crippen molar-refractivity contribution in [3.63, 3.8) is 0 Å². The van der Waals surface area contributed by atoms with Gasteiger partial charge in [0.1, 0.15) is 0 Å². The summed E-state index contributed by atoms with van der Waals surface area (Å²) >= 11 is 0. The number of rotatable bonds is 4. The molecule has 0 saturated carbocycles. The fourth-order valence-electron chi connectivity index (χ4n) is 1.87.